The molecular formula is C24H30N4O3S. The Morgan fingerprint density at radius 3 is 2.69 bits per heavy atom. The van der Waals surface area contributed by atoms with Crippen LogP contribution in [0.1, 0.15) is 36.0 Å². The predicted octanol–water partition coefficient (Wildman–Crippen LogP) is 2.86. The van der Waals surface area contributed by atoms with Gasteiger partial charge in [0.25, 0.3) is 0 Å². The van der Waals surface area contributed by atoms with Gasteiger partial charge in [0.15, 0.2) is 0 Å². The molecule has 32 heavy (non-hydrogen) atoms. The number of hydrogen-bond donors (Lipinski definition) is 1. The van der Waals surface area contributed by atoms with Gasteiger partial charge in [-0.05, 0) is 38.8 Å². The second kappa shape index (κ2) is 10.3. The summed E-state index contributed by atoms with van der Waals surface area (Å²) in [6.45, 7) is 6.95. The minimum absolute atomic E-state index is 0.0235. The van der Waals surface area contributed by atoms with E-state index in [0.717, 1.165) is 34.9 Å². The summed E-state index contributed by atoms with van der Waals surface area (Å²) in [4.78, 5) is 33.4. The standard InChI is InChI=1S/C24H30N4O3S/c1-17(24(30)26-20-8-9-20)27-11-13-28(14-12-27)23(29)10-7-19-5-3-4-6-22(19)31-15-21-16-32-18(2)25-21/h3-7,10,16-17,20H,8-9,11-15H2,1-2H3,(H,26,30)/b10-7+. The molecule has 4 rings (SSSR count). The number of piperazine rings is 1. The van der Waals surface area contributed by atoms with E-state index in [4.69, 9.17) is 4.74 Å². The largest absolute Gasteiger partial charge is 0.487 e. The quantitative estimate of drug-likeness (QED) is 0.621. The number of amides is 2. The molecule has 7 nitrogen and oxygen atoms in total. The van der Waals surface area contributed by atoms with Crippen molar-refractivity contribution in [3.05, 3.63) is 52.0 Å². The Morgan fingerprint density at radius 2 is 2.00 bits per heavy atom. The maximum Gasteiger partial charge on any atom is 0.246 e. The van der Waals surface area contributed by atoms with Crippen molar-refractivity contribution in [3.8, 4) is 5.75 Å². The first-order valence-electron chi connectivity index (χ1n) is 11.1. The lowest BCUT2D eigenvalue weighted by atomic mass is 10.1. The van der Waals surface area contributed by atoms with Gasteiger partial charge in [-0.3, -0.25) is 14.5 Å². The SMILES string of the molecule is Cc1nc(COc2ccccc2/C=C/C(=O)N2CCN(C(C)C(=O)NC3CC3)CC2)cs1. The highest BCUT2D eigenvalue weighted by Crippen LogP contribution is 2.22. The molecule has 1 aromatic heterocycles. The normalized spacial score (nSPS) is 18.0. The summed E-state index contributed by atoms with van der Waals surface area (Å²) in [5.41, 5.74) is 1.76. The molecule has 0 bridgehead atoms. The van der Waals surface area contributed by atoms with Crippen molar-refractivity contribution < 1.29 is 14.3 Å². The fourth-order valence-corrected chi connectivity index (χ4v) is 4.28. The number of para-hydroxylation sites is 1. The number of carbonyl (C=O) groups is 2. The van der Waals surface area contributed by atoms with Gasteiger partial charge >= 0.3 is 0 Å². The fourth-order valence-electron chi connectivity index (χ4n) is 3.69. The van der Waals surface area contributed by atoms with Crippen LogP contribution in [-0.4, -0.2) is 64.9 Å². The zero-order chi connectivity index (χ0) is 22.5. The third-order valence-corrected chi connectivity index (χ3v) is 6.67. The van der Waals surface area contributed by atoms with Gasteiger partial charge in [-0.2, -0.15) is 0 Å². The van der Waals surface area contributed by atoms with E-state index in [1.165, 1.54) is 0 Å². The second-order valence-corrected chi connectivity index (χ2v) is 9.40. The smallest absolute Gasteiger partial charge is 0.246 e. The number of nitrogens with one attached hydrogen (secondary N) is 1. The van der Waals surface area contributed by atoms with Crippen molar-refractivity contribution in [1.82, 2.24) is 20.1 Å². The number of thiazole rings is 1. The first-order valence-corrected chi connectivity index (χ1v) is 12.0. The molecule has 1 saturated heterocycles. The Labute approximate surface area is 193 Å². The summed E-state index contributed by atoms with van der Waals surface area (Å²) in [6, 6.07) is 7.89. The third-order valence-electron chi connectivity index (χ3n) is 5.84. The molecule has 1 N–H and O–H groups in total. The van der Waals surface area contributed by atoms with E-state index in [0.29, 0.717) is 38.8 Å². The Balaban J connectivity index is 1.28. The van der Waals surface area contributed by atoms with E-state index in [1.54, 1.807) is 17.4 Å². The van der Waals surface area contributed by atoms with E-state index < -0.39 is 0 Å². The molecule has 0 radical (unpaired) electrons. The summed E-state index contributed by atoms with van der Waals surface area (Å²) in [7, 11) is 0. The zero-order valence-electron chi connectivity index (χ0n) is 18.6. The Bertz CT molecular complexity index is 977. The Kier molecular flexibility index (Phi) is 7.22. The van der Waals surface area contributed by atoms with Crippen LogP contribution < -0.4 is 10.1 Å². The molecular weight excluding hydrogens is 424 g/mol. The van der Waals surface area contributed by atoms with E-state index in [-0.39, 0.29) is 17.9 Å². The zero-order valence-corrected chi connectivity index (χ0v) is 19.4. The van der Waals surface area contributed by atoms with Crippen molar-refractivity contribution >= 4 is 29.2 Å². The molecule has 2 amide bonds. The molecule has 1 unspecified atom stereocenters. The molecule has 0 spiro atoms. The topological polar surface area (TPSA) is 74.8 Å². The van der Waals surface area contributed by atoms with E-state index >= 15 is 0 Å². The summed E-state index contributed by atoms with van der Waals surface area (Å²) in [5, 5.41) is 6.07. The number of rotatable bonds is 8. The highest BCUT2D eigenvalue weighted by atomic mass is 32.1. The number of benzene rings is 1. The van der Waals surface area contributed by atoms with Crippen LogP contribution in [0.5, 0.6) is 5.75 Å². The number of ether oxygens (including phenoxy) is 1. The van der Waals surface area contributed by atoms with Crippen LogP contribution in [0.4, 0.5) is 0 Å². The van der Waals surface area contributed by atoms with Gasteiger partial charge in [0.05, 0.1) is 16.7 Å². The average molecular weight is 455 g/mol. The van der Waals surface area contributed by atoms with Crippen LogP contribution in [0.3, 0.4) is 0 Å². The number of carbonyl (C=O) groups excluding carboxylic acids is 2. The van der Waals surface area contributed by atoms with Crippen LogP contribution in [0, 0.1) is 6.92 Å². The second-order valence-electron chi connectivity index (χ2n) is 8.34. The molecule has 2 heterocycles. The van der Waals surface area contributed by atoms with Crippen LogP contribution in [0.25, 0.3) is 6.08 Å². The molecule has 170 valence electrons. The van der Waals surface area contributed by atoms with E-state index in [1.807, 2.05) is 54.5 Å². The highest BCUT2D eigenvalue weighted by Gasteiger charge is 2.30. The van der Waals surface area contributed by atoms with Gasteiger partial charge in [-0.15, -0.1) is 11.3 Å². The van der Waals surface area contributed by atoms with Crippen molar-refractivity contribution in [3.63, 3.8) is 0 Å². The monoisotopic (exact) mass is 454 g/mol. The maximum atomic E-state index is 12.7. The minimum Gasteiger partial charge on any atom is -0.487 e. The molecule has 8 heteroatoms. The lowest BCUT2D eigenvalue weighted by Gasteiger charge is -2.37. The molecule has 2 aliphatic rings. The summed E-state index contributed by atoms with van der Waals surface area (Å²) < 4.78 is 5.93. The number of aromatic nitrogens is 1. The number of nitrogens with zero attached hydrogens (tertiary/aromatic N) is 3. The Hall–Kier alpha value is -2.71. The van der Waals surface area contributed by atoms with Crippen molar-refractivity contribution in [2.45, 2.75) is 45.4 Å². The molecule has 1 saturated carbocycles. The van der Waals surface area contributed by atoms with Crippen LogP contribution in [0.2, 0.25) is 0 Å². The van der Waals surface area contributed by atoms with Crippen molar-refractivity contribution in [2.24, 2.45) is 0 Å². The van der Waals surface area contributed by atoms with Gasteiger partial charge < -0.3 is 15.0 Å². The maximum absolute atomic E-state index is 12.7. The van der Waals surface area contributed by atoms with Crippen LogP contribution in [0.15, 0.2) is 35.7 Å². The third kappa shape index (κ3) is 5.95. The van der Waals surface area contributed by atoms with Gasteiger partial charge in [0.1, 0.15) is 12.4 Å². The molecule has 1 aliphatic carbocycles. The summed E-state index contributed by atoms with van der Waals surface area (Å²) in [5.74, 6) is 0.795. The number of aryl methyl sites for hydroxylation is 1. The summed E-state index contributed by atoms with van der Waals surface area (Å²) >= 11 is 1.60. The Morgan fingerprint density at radius 1 is 1.25 bits per heavy atom. The van der Waals surface area contributed by atoms with E-state index in [2.05, 4.69) is 15.2 Å². The van der Waals surface area contributed by atoms with Gasteiger partial charge in [0.2, 0.25) is 11.8 Å². The highest BCUT2D eigenvalue weighted by molar-refractivity contribution is 7.09. The van der Waals surface area contributed by atoms with Gasteiger partial charge in [-0.25, -0.2) is 4.98 Å². The summed E-state index contributed by atoms with van der Waals surface area (Å²) in [6.07, 6.45) is 5.59. The molecule has 1 atom stereocenters. The lowest BCUT2D eigenvalue weighted by molar-refractivity contribution is -0.130. The predicted molar refractivity (Wildman–Crippen MR) is 125 cm³/mol. The van der Waals surface area contributed by atoms with E-state index in [9.17, 15) is 9.59 Å². The first kappa shape index (κ1) is 22.5. The average Bonchev–Trinajstić information content (AvgIpc) is 3.53. The molecule has 1 aliphatic heterocycles. The van der Waals surface area contributed by atoms with Gasteiger partial charge in [0, 0.05) is 49.2 Å². The van der Waals surface area contributed by atoms with Crippen LogP contribution >= 0.6 is 11.3 Å². The molecule has 1 aromatic carbocycles. The number of hydrogen-bond acceptors (Lipinski definition) is 6. The molecule has 2 aromatic rings. The minimum atomic E-state index is -0.158. The van der Waals surface area contributed by atoms with Crippen LogP contribution in [-0.2, 0) is 16.2 Å². The van der Waals surface area contributed by atoms with Gasteiger partial charge in [-0.1, -0.05) is 18.2 Å². The lowest BCUT2D eigenvalue weighted by Crippen LogP contribution is -2.55. The fraction of sp³-hybridized carbons (Fsp3) is 0.458. The van der Waals surface area contributed by atoms with Crippen molar-refractivity contribution in [2.75, 3.05) is 26.2 Å². The first-order chi connectivity index (χ1) is 15.5. The molecule has 2 fully saturated rings. The van der Waals surface area contributed by atoms with Crippen molar-refractivity contribution in [1.29, 1.82) is 0 Å².